The Kier molecular flexibility index (Phi) is 6.90. The average molecular weight is 452 g/mol. The van der Waals surface area contributed by atoms with Crippen LogP contribution < -0.4 is 10.6 Å². The van der Waals surface area contributed by atoms with E-state index in [9.17, 15) is 13.2 Å². The van der Waals surface area contributed by atoms with Gasteiger partial charge in [-0.3, -0.25) is 10.1 Å². The minimum absolute atomic E-state index is 0. The molecule has 0 saturated carbocycles. The monoisotopic (exact) mass is 452 g/mol. The summed E-state index contributed by atoms with van der Waals surface area (Å²) in [6.07, 6.45) is -2.65. The molecule has 1 radical (unpaired) electrons. The van der Waals surface area contributed by atoms with Crippen LogP contribution in [-0.4, -0.2) is 28.3 Å². The molecule has 3 aromatic rings. The van der Waals surface area contributed by atoms with E-state index < -0.39 is 11.7 Å². The molecule has 0 spiro atoms. The number of rotatable bonds is 4. The summed E-state index contributed by atoms with van der Waals surface area (Å²) < 4.78 is 40.7. The smallest absolute Gasteiger partial charge is 0.339 e. The van der Waals surface area contributed by atoms with Crippen LogP contribution in [-0.2, 0) is 24.7 Å². The van der Waals surface area contributed by atoms with E-state index in [0.29, 0.717) is 17.2 Å². The summed E-state index contributed by atoms with van der Waals surface area (Å²) in [7, 11) is 0. The van der Waals surface area contributed by atoms with Gasteiger partial charge in [-0.1, -0.05) is 18.2 Å². The number of aryl methyl sites for hydroxylation is 1. The predicted molar refractivity (Wildman–Crippen MR) is 106 cm³/mol. The number of aromatic nitrogens is 3. The van der Waals surface area contributed by atoms with E-state index in [4.69, 9.17) is 0 Å². The van der Waals surface area contributed by atoms with Crippen molar-refractivity contribution in [1.82, 2.24) is 20.5 Å². The second-order valence-corrected chi connectivity index (χ2v) is 7.29. The summed E-state index contributed by atoms with van der Waals surface area (Å²) in [6.45, 7) is 3.63. The van der Waals surface area contributed by atoms with Crippen LogP contribution in [0.5, 0.6) is 0 Å². The first-order chi connectivity index (χ1) is 13.9. The third-order valence-electron chi connectivity index (χ3n) is 5.09. The van der Waals surface area contributed by atoms with Crippen molar-refractivity contribution in [3.63, 3.8) is 0 Å². The van der Waals surface area contributed by atoms with Gasteiger partial charge in [-0.25, -0.2) is 0 Å². The molecule has 0 atom stereocenters. The Hall–Kier alpha value is -2.29. The van der Waals surface area contributed by atoms with Crippen LogP contribution in [0.25, 0.3) is 11.3 Å². The normalized spacial score (nSPS) is 14.9. The van der Waals surface area contributed by atoms with Crippen molar-refractivity contribution in [3.05, 3.63) is 59.4 Å². The molecule has 1 fully saturated rings. The standard InChI is InChI=1S/C21H22F3N5.V/c1-13-10-20(29-28-13)26-15-11-18(14-6-8-25-9-7-14)27-19(12-15)16-4-2-3-5-17(16)21(22,23)24;/h2-5,10-12,14,25H,6-9H2,1H3,(H2,26,27,28,29);. The number of pyridine rings is 1. The van der Waals surface area contributed by atoms with Crippen molar-refractivity contribution in [1.29, 1.82) is 0 Å². The number of hydrogen-bond donors (Lipinski definition) is 3. The van der Waals surface area contributed by atoms with E-state index in [-0.39, 0.29) is 30.0 Å². The van der Waals surface area contributed by atoms with Gasteiger partial charge in [0, 0.05) is 53.2 Å². The number of hydrogen-bond acceptors (Lipinski definition) is 4. The van der Waals surface area contributed by atoms with Gasteiger partial charge in [0.2, 0.25) is 0 Å². The fourth-order valence-electron chi connectivity index (χ4n) is 3.67. The Morgan fingerprint density at radius 2 is 1.80 bits per heavy atom. The average Bonchev–Trinajstić information content (AvgIpc) is 3.12. The van der Waals surface area contributed by atoms with Gasteiger partial charge in [0.25, 0.3) is 0 Å². The van der Waals surface area contributed by atoms with E-state index >= 15 is 0 Å². The SMILES string of the molecule is Cc1cc(Nc2cc(-c3ccccc3C(F)(F)F)nc(C3CCNCC3)c2)n[nH]1.[V]. The molecule has 2 aromatic heterocycles. The van der Waals surface area contributed by atoms with Crippen LogP contribution in [0.2, 0.25) is 0 Å². The first-order valence-corrected chi connectivity index (χ1v) is 9.58. The summed E-state index contributed by atoms with van der Waals surface area (Å²) >= 11 is 0. The maximum Gasteiger partial charge on any atom is 0.417 e. The van der Waals surface area contributed by atoms with Crippen LogP contribution in [0.4, 0.5) is 24.7 Å². The molecule has 1 aliphatic heterocycles. The zero-order chi connectivity index (χ0) is 20.4. The Morgan fingerprint density at radius 3 is 2.47 bits per heavy atom. The van der Waals surface area contributed by atoms with E-state index in [0.717, 1.165) is 43.4 Å². The van der Waals surface area contributed by atoms with Crippen LogP contribution in [0.1, 0.15) is 35.7 Å². The van der Waals surface area contributed by atoms with Gasteiger partial charge in [-0.15, -0.1) is 0 Å². The first kappa shape index (κ1) is 22.4. The van der Waals surface area contributed by atoms with Crippen molar-refractivity contribution in [2.24, 2.45) is 0 Å². The summed E-state index contributed by atoms with van der Waals surface area (Å²) in [5.41, 5.74) is 2.07. The van der Waals surface area contributed by atoms with Gasteiger partial charge in [-0.05, 0) is 51.1 Å². The molecule has 5 nitrogen and oxygen atoms in total. The number of aromatic amines is 1. The van der Waals surface area contributed by atoms with Crippen molar-refractivity contribution >= 4 is 11.5 Å². The van der Waals surface area contributed by atoms with Crippen LogP contribution in [0.15, 0.2) is 42.5 Å². The number of benzene rings is 1. The number of anilines is 2. The molecule has 0 amide bonds. The maximum absolute atomic E-state index is 13.6. The van der Waals surface area contributed by atoms with Crippen molar-refractivity contribution in [3.8, 4) is 11.3 Å². The number of piperidine rings is 1. The van der Waals surface area contributed by atoms with E-state index in [2.05, 4.69) is 25.8 Å². The third kappa shape index (κ3) is 5.06. The number of nitrogens with zero attached hydrogens (tertiary/aromatic N) is 2. The van der Waals surface area contributed by atoms with Gasteiger partial charge in [0.1, 0.15) is 0 Å². The molecular weight excluding hydrogens is 430 g/mol. The van der Waals surface area contributed by atoms with Gasteiger partial charge in [0.15, 0.2) is 5.82 Å². The van der Waals surface area contributed by atoms with Gasteiger partial charge in [-0.2, -0.15) is 18.3 Å². The molecule has 1 saturated heterocycles. The van der Waals surface area contributed by atoms with Crippen molar-refractivity contribution in [2.75, 3.05) is 18.4 Å². The van der Waals surface area contributed by atoms with Crippen molar-refractivity contribution < 1.29 is 31.7 Å². The minimum atomic E-state index is -4.45. The van der Waals surface area contributed by atoms with Crippen LogP contribution in [0, 0.1) is 6.92 Å². The summed E-state index contributed by atoms with van der Waals surface area (Å²) in [5.74, 6) is 0.815. The van der Waals surface area contributed by atoms with Crippen molar-refractivity contribution in [2.45, 2.75) is 31.9 Å². The Balaban J connectivity index is 0.00000256. The van der Waals surface area contributed by atoms with E-state index in [1.165, 1.54) is 12.1 Å². The predicted octanol–water partition coefficient (Wildman–Crippen LogP) is 5.01. The molecule has 1 aliphatic rings. The molecule has 0 aliphatic carbocycles. The van der Waals surface area contributed by atoms with Crippen LogP contribution >= 0.6 is 0 Å². The third-order valence-corrected chi connectivity index (χ3v) is 5.09. The molecule has 0 unspecified atom stereocenters. The molecule has 3 N–H and O–H groups in total. The summed E-state index contributed by atoms with van der Waals surface area (Å²) in [5, 5.41) is 13.5. The number of halogens is 3. The minimum Gasteiger partial charge on any atom is -0.339 e. The van der Waals surface area contributed by atoms with Gasteiger partial charge < -0.3 is 10.6 Å². The van der Waals surface area contributed by atoms with E-state index in [1.54, 1.807) is 12.1 Å². The van der Waals surface area contributed by atoms with Gasteiger partial charge in [0.05, 0.1) is 11.3 Å². The summed E-state index contributed by atoms with van der Waals surface area (Å²) in [6, 6.07) is 11.0. The molecule has 3 heterocycles. The fourth-order valence-corrected chi connectivity index (χ4v) is 3.67. The second-order valence-electron chi connectivity index (χ2n) is 7.29. The van der Waals surface area contributed by atoms with Gasteiger partial charge >= 0.3 is 6.18 Å². The van der Waals surface area contributed by atoms with E-state index in [1.807, 2.05) is 19.1 Å². The zero-order valence-electron chi connectivity index (χ0n) is 16.4. The largest absolute Gasteiger partial charge is 0.417 e. The molecule has 30 heavy (non-hydrogen) atoms. The molecule has 157 valence electrons. The number of nitrogens with one attached hydrogen (secondary N) is 3. The Morgan fingerprint density at radius 1 is 1.07 bits per heavy atom. The molecule has 4 rings (SSSR count). The molecule has 1 aromatic carbocycles. The molecule has 0 bridgehead atoms. The maximum atomic E-state index is 13.6. The van der Waals surface area contributed by atoms with Crippen LogP contribution in [0.3, 0.4) is 0 Å². The number of alkyl halides is 3. The first-order valence-electron chi connectivity index (χ1n) is 9.58. The zero-order valence-corrected chi connectivity index (χ0v) is 17.8. The Labute approximate surface area is 184 Å². The Bertz CT molecular complexity index is 996. The topological polar surface area (TPSA) is 65.6 Å². The second kappa shape index (κ2) is 9.24. The number of H-pyrrole nitrogens is 1. The summed E-state index contributed by atoms with van der Waals surface area (Å²) in [4.78, 5) is 4.65. The fraction of sp³-hybridized carbons (Fsp3) is 0.333. The quantitative estimate of drug-likeness (QED) is 0.521. The molecular formula is C21H22F3N5V. The molecule has 9 heteroatoms.